The van der Waals surface area contributed by atoms with Gasteiger partial charge in [0.05, 0.1) is 11.0 Å². The average Bonchev–Trinajstić information content (AvgIpc) is 3.74. The van der Waals surface area contributed by atoms with Gasteiger partial charge < -0.3 is 4.57 Å². The third-order valence-electron chi connectivity index (χ3n) is 14.4. The molecule has 0 atom stereocenters. The van der Waals surface area contributed by atoms with Crippen LogP contribution in [0.15, 0.2) is 158 Å². The van der Waals surface area contributed by atoms with Gasteiger partial charge in [-0.1, -0.05) is 103 Å². The molecule has 0 aliphatic heterocycles. The molecule has 2 heterocycles. The predicted molar refractivity (Wildman–Crippen MR) is 231 cm³/mol. The summed E-state index contributed by atoms with van der Waals surface area (Å²) in [6, 6.07) is 57.6. The van der Waals surface area contributed by atoms with Crippen molar-refractivity contribution in [2.45, 2.75) is 37.5 Å². The Hall–Kier alpha value is -6.39. The first-order valence-corrected chi connectivity index (χ1v) is 20.8. The van der Waals surface area contributed by atoms with E-state index >= 15 is 0 Å². The lowest BCUT2D eigenvalue weighted by atomic mass is 9.43. The second-order valence-corrected chi connectivity index (χ2v) is 17.3. The van der Waals surface area contributed by atoms with Crippen molar-refractivity contribution in [3.63, 3.8) is 0 Å². The molecule has 4 nitrogen and oxygen atoms in total. The summed E-state index contributed by atoms with van der Waals surface area (Å²) in [7, 11) is 0. The number of hydrogen-bond donors (Lipinski definition) is 0. The third kappa shape index (κ3) is 4.53. The van der Waals surface area contributed by atoms with Gasteiger partial charge in [-0.2, -0.15) is 0 Å². The van der Waals surface area contributed by atoms with Gasteiger partial charge in [-0.15, -0.1) is 0 Å². The van der Waals surface area contributed by atoms with Gasteiger partial charge in [0, 0.05) is 38.6 Å². The summed E-state index contributed by atoms with van der Waals surface area (Å²) in [5.74, 6) is 5.23. The molecule has 4 fully saturated rings. The molecule has 4 heteroatoms. The van der Waals surface area contributed by atoms with E-state index in [0.29, 0.717) is 23.5 Å². The molecule has 272 valence electrons. The summed E-state index contributed by atoms with van der Waals surface area (Å²) in [4.78, 5) is 15.7. The van der Waals surface area contributed by atoms with Gasteiger partial charge in [-0.25, -0.2) is 15.0 Å². The lowest BCUT2D eigenvalue weighted by Gasteiger charge is -2.61. The lowest BCUT2D eigenvalue weighted by molar-refractivity contribution is -0.0398. The molecule has 0 amide bonds. The highest BCUT2D eigenvalue weighted by atomic mass is 15.0. The summed E-state index contributed by atoms with van der Waals surface area (Å²) in [5.41, 5.74) is 12.5. The molecule has 2 aromatic heterocycles. The van der Waals surface area contributed by atoms with Gasteiger partial charge in [-0.05, 0) is 143 Å². The molecule has 0 unspecified atom stereocenters. The first-order valence-electron chi connectivity index (χ1n) is 20.8. The molecule has 0 radical (unpaired) electrons. The quantitative estimate of drug-likeness (QED) is 0.181. The Morgan fingerprint density at radius 1 is 0.421 bits per heavy atom. The molecule has 4 saturated carbocycles. The number of hydrogen-bond acceptors (Lipinski definition) is 3. The first kappa shape index (κ1) is 31.8. The van der Waals surface area contributed by atoms with Crippen LogP contribution in [0.25, 0.3) is 83.6 Å². The van der Waals surface area contributed by atoms with E-state index in [4.69, 9.17) is 15.0 Å². The van der Waals surface area contributed by atoms with Crippen LogP contribution in [0.5, 0.6) is 0 Å². The Kier molecular flexibility index (Phi) is 6.59. The molecule has 1 spiro atoms. The molecule has 0 saturated heterocycles. The van der Waals surface area contributed by atoms with Crippen molar-refractivity contribution in [1.82, 2.24) is 19.5 Å². The Morgan fingerprint density at radius 2 is 0.930 bits per heavy atom. The zero-order chi connectivity index (χ0) is 37.2. The van der Waals surface area contributed by atoms with Crippen LogP contribution in [0.1, 0.15) is 43.2 Å². The molecule has 9 aromatic rings. The fraction of sp³-hybridized carbons (Fsp3) is 0.189. The Bertz CT molecular complexity index is 3000. The summed E-state index contributed by atoms with van der Waals surface area (Å²) in [5, 5.41) is 5.20. The largest absolute Gasteiger partial charge is 0.309 e. The number of fused-ring (bicyclic) bond motifs is 7. The molecular formula is C53H40N4. The van der Waals surface area contributed by atoms with Crippen molar-refractivity contribution in [2.75, 3.05) is 0 Å². The van der Waals surface area contributed by atoms with Gasteiger partial charge in [-0.3, -0.25) is 0 Å². The van der Waals surface area contributed by atoms with Crippen LogP contribution >= 0.6 is 0 Å². The molecule has 0 N–H and O–H groups in total. The third-order valence-corrected chi connectivity index (χ3v) is 14.4. The van der Waals surface area contributed by atoms with Crippen molar-refractivity contribution < 1.29 is 0 Å². The molecule has 57 heavy (non-hydrogen) atoms. The molecule has 4 bridgehead atoms. The topological polar surface area (TPSA) is 43.6 Å². The van der Waals surface area contributed by atoms with Gasteiger partial charge in [0.2, 0.25) is 0 Å². The summed E-state index contributed by atoms with van der Waals surface area (Å²) >= 11 is 0. The maximum Gasteiger partial charge on any atom is 0.164 e. The minimum absolute atomic E-state index is 0.0406. The minimum atomic E-state index is 0.0406. The fourth-order valence-corrected chi connectivity index (χ4v) is 12.3. The maximum atomic E-state index is 5.31. The zero-order valence-corrected chi connectivity index (χ0v) is 31.6. The molecule has 5 aliphatic rings. The van der Waals surface area contributed by atoms with Crippen LogP contribution < -0.4 is 0 Å². The zero-order valence-electron chi connectivity index (χ0n) is 31.6. The van der Waals surface area contributed by atoms with E-state index in [9.17, 15) is 0 Å². The monoisotopic (exact) mass is 732 g/mol. The number of benzene rings is 7. The van der Waals surface area contributed by atoms with Crippen molar-refractivity contribution in [3.8, 4) is 51.0 Å². The molecular weight excluding hydrogens is 693 g/mol. The lowest BCUT2D eigenvalue weighted by Crippen LogP contribution is -2.55. The predicted octanol–water partition coefficient (Wildman–Crippen LogP) is 12.8. The van der Waals surface area contributed by atoms with Crippen molar-refractivity contribution in [2.24, 2.45) is 23.7 Å². The van der Waals surface area contributed by atoms with E-state index in [1.807, 2.05) is 6.07 Å². The van der Waals surface area contributed by atoms with Gasteiger partial charge in [0.25, 0.3) is 0 Å². The fourth-order valence-electron chi connectivity index (χ4n) is 12.3. The second kappa shape index (κ2) is 11.8. The van der Waals surface area contributed by atoms with E-state index in [0.717, 1.165) is 40.0 Å². The van der Waals surface area contributed by atoms with Crippen LogP contribution in [0.4, 0.5) is 0 Å². The standard InChI is InChI=1S/C53H40N4/c1-2-10-34(11-3-1)50-54-51(35-18-21-41(22-19-35)57-48-16-8-6-14-43(48)44-15-7-9-17-49(44)57)56-52(55-50)38-20-23-42-45-29-36-12-4-5-13-37(36)30-47(45)53(46(42)31-38)39-25-32-24-33(27-39)28-40(53)26-32/h1-23,29-33,39-40H,24-28H2. The van der Waals surface area contributed by atoms with Crippen LogP contribution in [-0.2, 0) is 5.41 Å². The van der Waals surface area contributed by atoms with Crippen LogP contribution in [-0.4, -0.2) is 19.5 Å². The average molecular weight is 733 g/mol. The number of para-hydroxylation sites is 2. The van der Waals surface area contributed by atoms with Crippen LogP contribution in [0.2, 0.25) is 0 Å². The highest BCUT2D eigenvalue weighted by molar-refractivity contribution is 6.09. The summed E-state index contributed by atoms with van der Waals surface area (Å²) < 4.78 is 2.36. The normalized spacial score (nSPS) is 22.8. The SMILES string of the molecule is c1ccc(-c2nc(-c3ccc(-n4c5ccccc5c5ccccc54)cc3)nc(-c3ccc4c(c3)C3(c5cc6ccccc6cc5-4)C4CC5CC(C4)CC3C5)n2)cc1. The molecule has 5 aliphatic carbocycles. The number of rotatable bonds is 4. The number of aromatic nitrogens is 4. The van der Waals surface area contributed by atoms with Crippen LogP contribution in [0, 0.1) is 23.7 Å². The summed E-state index contributed by atoms with van der Waals surface area (Å²) in [6.45, 7) is 0. The first-order chi connectivity index (χ1) is 28.2. The minimum Gasteiger partial charge on any atom is -0.309 e. The van der Waals surface area contributed by atoms with E-state index < -0.39 is 0 Å². The van der Waals surface area contributed by atoms with Crippen molar-refractivity contribution >= 4 is 32.6 Å². The molecule has 14 rings (SSSR count). The van der Waals surface area contributed by atoms with E-state index in [1.54, 1.807) is 5.56 Å². The van der Waals surface area contributed by atoms with E-state index in [-0.39, 0.29) is 5.41 Å². The van der Waals surface area contributed by atoms with Gasteiger partial charge in [0.1, 0.15) is 0 Å². The maximum absolute atomic E-state index is 5.31. The highest BCUT2D eigenvalue weighted by Gasteiger charge is 2.61. The summed E-state index contributed by atoms with van der Waals surface area (Å²) in [6.07, 6.45) is 6.84. The highest BCUT2D eigenvalue weighted by Crippen LogP contribution is 2.69. The van der Waals surface area contributed by atoms with Crippen LogP contribution in [0.3, 0.4) is 0 Å². The Balaban J connectivity index is 0.973. The Morgan fingerprint density at radius 3 is 1.58 bits per heavy atom. The second-order valence-electron chi connectivity index (χ2n) is 17.3. The van der Waals surface area contributed by atoms with E-state index in [1.165, 1.54) is 81.4 Å². The smallest absolute Gasteiger partial charge is 0.164 e. The van der Waals surface area contributed by atoms with Crippen molar-refractivity contribution in [1.29, 1.82) is 0 Å². The number of nitrogens with zero attached hydrogens (tertiary/aromatic N) is 4. The Labute approximate surface area is 331 Å². The van der Waals surface area contributed by atoms with E-state index in [2.05, 4.69) is 156 Å². The van der Waals surface area contributed by atoms with Crippen molar-refractivity contribution in [3.05, 3.63) is 169 Å². The molecule has 7 aromatic carbocycles. The van der Waals surface area contributed by atoms with Gasteiger partial charge in [0.15, 0.2) is 17.5 Å². The van der Waals surface area contributed by atoms with Gasteiger partial charge >= 0.3 is 0 Å².